The van der Waals surface area contributed by atoms with Gasteiger partial charge < -0.3 is 10.6 Å². The first-order valence-electron chi connectivity index (χ1n) is 9.13. The number of benzene rings is 2. The summed E-state index contributed by atoms with van der Waals surface area (Å²) in [7, 11) is 0. The molecule has 0 fully saturated rings. The van der Waals surface area contributed by atoms with Crippen LogP contribution in [0.5, 0.6) is 0 Å². The lowest BCUT2D eigenvalue weighted by Gasteiger charge is -2.15. The molecule has 0 aliphatic rings. The van der Waals surface area contributed by atoms with Gasteiger partial charge >= 0.3 is 0 Å². The van der Waals surface area contributed by atoms with Crippen molar-refractivity contribution in [3.05, 3.63) is 70.9 Å². The van der Waals surface area contributed by atoms with E-state index < -0.39 is 0 Å². The van der Waals surface area contributed by atoms with Gasteiger partial charge in [-0.25, -0.2) is 4.98 Å². The maximum Gasteiger partial charge on any atom is 0.229 e. The molecule has 0 spiro atoms. The lowest BCUT2D eigenvalue weighted by molar-refractivity contribution is 1.06. The van der Waals surface area contributed by atoms with Crippen LogP contribution in [0.15, 0.2) is 48.5 Å². The fourth-order valence-electron chi connectivity index (χ4n) is 3.02. The first-order valence-corrected chi connectivity index (χ1v) is 9.13. The molecule has 0 aliphatic heterocycles. The monoisotopic (exact) mass is 357 g/mol. The number of nitrogens with one attached hydrogen (secondary N) is 2. The standard InChI is InChI=1S/C22H23N5/c1-4-17-9-7-10-18(5-2)21(17)27-22-24-15(3)12-20(26-22)25-19-11-6-8-16(13-19)14-23/h6-13H,4-5H2,1-3H3,(H2,24,25,26,27). The molecule has 0 radical (unpaired) electrons. The lowest BCUT2D eigenvalue weighted by atomic mass is 10.0. The smallest absolute Gasteiger partial charge is 0.229 e. The summed E-state index contributed by atoms with van der Waals surface area (Å²) in [6.07, 6.45) is 1.88. The molecule has 0 saturated carbocycles. The number of aromatic nitrogens is 2. The number of rotatable bonds is 6. The molecule has 0 atom stereocenters. The molecule has 0 aliphatic carbocycles. The molecule has 0 bridgehead atoms. The summed E-state index contributed by atoms with van der Waals surface area (Å²) in [6.45, 7) is 6.23. The molecule has 27 heavy (non-hydrogen) atoms. The van der Waals surface area contributed by atoms with Gasteiger partial charge in [0, 0.05) is 23.1 Å². The van der Waals surface area contributed by atoms with Crippen LogP contribution in [-0.2, 0) is 12.8 Å². The van der Waals surface area contributed by atoms with Crippen molar-refractivity contribution in [2.24, 2.45) is 0 Å². The van der Waals surface area contributed by atoms with Gasteiger partial charge in [-0.3, -0.25) is 0 Å². The second kappa shape index (κ2) is 8.33. The molecule has 2 aromatic carbocycles. The van der Waals surface area contributed by atoms with E-state index in [4.69, 9.17) is 5.26 Å². The lowest BCUT2D eigenvalue weighted by Crippen LogP contribution is -2.06. The Morgan fingerprint density at radius 1 is 0.926 bits per heavy atom. The van der Waals surface area contributed by atoms with Crippen molar-refractivity contribution in [3.63, 3.8) is 0 Å². The third kappa shape index (κ3) is 4.42. The molecule has 0 unspecified atom stereocenters. The van der Waals surface area contributed by atoms with Crippen LogP contribution in [0, 0.1) is 18.3 Å². The minimum Gasteiger partial charge on any atom is -0.340 e. The number of hydrogen-bond acceptors (Lipinski definition) is 5. The zero-order chi connectivity index (χ0) is 19.2. The Morgan fingerprint density at radius 2 is 1.63 bits per heavy atom. The summed E-state index contributed by atoms with van der Waals surface area (Å²) in [5, 5.41) is 15.7. The molecule has 0 saturated heterocycles. The molecule has 3 aromatic rings. The van der Waals surface area contributed by atoms with Gasteiger partial charge in [0.05, 0.1) is 11.6 Å². The van der Waals surface area contributed by atoms with Crippen LogP contribution >= 0.6 is 0 Å². The third-order valence-corrected chi connectivity index (χ3v) is 4.35. The van der Waals surface area contributed by atoms with Crippen molar-refractivity contribution in [1.29, 1.82) is 5.26 Å². The van der Waals surface area contributed by atoms with Crippen LogP contribution in [0.2, 0.25) is 0 Å². The molecule has 2 N–H and O–H groups in total. The highest BCUT2D eigenvalue weighted by Gasteiger charge is 2.10. The first-order chi connectivity index (χ1) is 13.1. The molecule has 1 aromatic heterocycles. The molecular formula is C22H23N5. The van der Waals surface area contributed by atoms with E-state index in [1.807, 2.05) is 25.1 Å². The molecule has 0 amide bonds. The van der Waals surface area contributed by atoms with Gasteiger partial charge in [0.25, 0.3) is 0 Å². The largest absolute Gasteiger partial charge is 0.340 e. The predicted octanol–water partition coefficient (Wildman–Crippen LogP) is 5.27. The quantitative estimate of drug-likeness (QED) is 0.629. The van der Waals surface area contributed by atoms with Gasteiger partial charge in [0.1, 0.15) is 5.82 Å². The molecule has 136 valence electrons. The van der Waals surface area contributed by atoms with Gasteiger partial charge in [-0.2, -0.15) is 10.2 Å². The van der Waals surface area contributed by atoms with E-state index in [0.717, 1.165) is 29.9 Å². The second-order valence-electron chi connectivity index (χ2n) is 6.32. The number of para-hydroxylation sites is 1. The van der Waals surface area contributed by atoms with E-state index >= 15 is 0 Å². The molecule has 5 nitrogen and oxygen atoms in total. The highest BCUT2D eigenvalue weighted by molar-refractivity contribution is 5.66. The van der Waals surface area contributed by atoms with Gasteiger partial charge in [-0.1, -0.05) is 38.1 Å². The zero-order valence-electron chi connectivity index (χ0n) is 15.9. The number of nitrogens with zero attached hydrogens (tertiary/aromatic N) is 3. The summed E-state index contributed by atoms with van der Waals surface area (Å²) in [6, 6.07) is 17.7. The van der Waals surface area contributed by atoms with Crippen molar-refractivity contribution in [1.82, 2.24) is 9.97 Å². The number of nitriles is 1. The fraction of sp³-hybridized carbons (Fsp3) is 0.227. The zero-order valence-corrected chi connectivity index (χ0v) is 15.9. The number of anilines is 4. The second-order valence-corrected chi connectivity index (χ2v) is 6.32. The Morgan fingerprint density at radius 3 is 2.30 bits per heavy atom. The van der Waals surface area contributed by atoms with E-state index in [1.54, 1.807) is 12.1 Å². The van der Waals surface area contributed by atoms with E-state index in [2.05, 4.69) is 58.7 Å². The minimum atomic E-state index is 0.560. The Labute approximate surface area is 160 Å². The highest BCUT2D eigenvalue weighted by atomic mass is 15.1. The summed E-state index contributed by atoms with van der Waals surface area (Å²) in [5.41, 5.74) is 5.87. The van der Waals surface area contributed by atoms with E-state index in [0.29, 0.717) is 17.3 Å². The van der Waals surface area contributed by atoms with Gasteiger partial charge in [0.2, 0.25) is 5.95 Å². The average Bonchev–Trinajstić information content (AvgIpc) is 2.67. The SMILES string of the molecule is CCc1cccc(CC)c1Nc1nc(C)cc(Nc2cccc(C#N)c2)n1. The van der Waals surface area contributed by atoms with Crippen molar-refractivity contribution in [3.8, 4) is 6.07 Å². The normalized spacial score (nSPS) is 10.3. The van der Waals surface area contributed by atoms with Crippen LogP contribution < -0.4 is 10.6 Å². The molecule has 1 heterocycles. The van der Waals surface area contributed by atoms with E-state index in [9.17, 15) is 0 Å². The average molecular weight is 357 g/mol. The van der Waals surface area contributed by atoms with Crippen LogP contribution in [0.25, 0.3) is 0 Å². The molecule has 3 rings (SSSR count). The van der Waals surface area contributed by atoms with Crippen LogP contribution in [0.3, 0.4) is 0 Å². The minimum absolute atomic E-state index is 0.560. The summed E-state index contributed by atoms with van der Waals surface area (Å²) >= 11 is 0. The summed E-state index contributed by atoms with van der Waals surface area (Å²) in [5.74, 6) is 1.25. The molecular weight excluding hydrogens is 334 g/mol. The molecule has 5 heteroatoms. The number of hydrogen-bond donors (Lipinski definition) is 2. The summed E-state index contributed by atoms with van der Waals surface area (Å²) < 4.78 is 0. The fourth-order valence-corrected chi connectivity index (χ4v) is 3.02. The number of aryl methyl sites for hydroxylation is 3. The third-order valence-electron chi connectivity index (χ3n) is 4.35. The Kier molecular flexibility index (Phi) is 5.68. The Balaban J connectivity index is 1.91. The van der Waals surface area contributed by atoms with Gasteiger partial charge in [-0.15, -0.1) is 0 Å². The predicted molar refractivity (Wildman–Crippen MR) is 110 cm³/mol. The van der Waals surface area contributed by atoms with Gasteiger partial charge in [0.15, 0.2) is 0 Å². The van der Waals surface area contributed by atoms with Gasteiger partial charge in [-0.05, 0) is 49.1 Å². The van der Waals surface area contributed by atoms with Crippen molar-refractivity contribution in [2.75, 3.05) is 10.6 Å². The van der Waals surface area contributed by atoms with Crippen molar-refractivity contribution < 1.29 is 0 Å². The Hall–Kier alpha value is -3.39. The maximum absolute atomic E-state index is 9.07. The topological polar surface area (TPSA) is 73.6 Å². The summed E-state index contributed by atoms with van der Waals surface area (Å²) in [4.78, 5) is 9.15. The van der Waals surface area contributed by atoms with Crippen molar-refractivity contribution >= 4 is 23.1 Å². The van der Waals surface area contributed by atoms with Crippen LogP contribution in [-0.4, -0.2) is 9.97 Å². The van der Waals surface area contributed by atoms with E-state index in [-0.39, 0.29) is 0 Å². The Bertz CT molecular complexity index is 966. The van der Waals surface area contributed by atoms with Crippen molar-refractivity contribution in [2.45, 2.75) is 33.6 Å². The maximum atomic E-state index is 9.07. The van der Waals surface area contributed by atoms with E-state index in [1.165, 1.54) is 11.1 Å². The first kappa shape index (κ1) is 18.4. The highest BCUT2D eigenvalue weighted by Crippen LogP contribution is 2.26. The van der Waals surface area contributed by atoms with Crippen LogP contribution in [0.1, 0.15) is 36.2 Å². The van der Waals surface area contributed by atoms with Crippen LogP contribution in [0.4, 0.5) is 23.1 Å².